The number of carboxylic acid groups (broad SMARTS) is 2. The Hall–Kier alpha value is -3.73. The molecule has 0 radical (unpaired) electrons. The Morgan fingerprint density at radius 3 is 1.90 bits per heavy atom. The third kappa shape index (κ3) is 9.68. The number of likely N-dealkylation sites (N-methyl/N-ethyl adjacent to an activating group) is 2. The minimum atomic E-state index is -1.60. The molecule has 42 heavy (non-hydrogen) atoms. The summed E-state index contributed by atoms with van der Waals surface area (Å²) in [6.07, 6.45) is 0.774. The van der Waals surface area contributed by atoms with Crippen molar-refractivity contribution in [3.05, 3.63) is 47.5 Å². The lowest BCUT2D eigenvalue weighted by Crippen LogP contribution is -2.61. The van der Waals surface area contributed by atoms with Crippen LogP contribution in [-0.2, 0) is 29.4 Å². The second-order valence-corrected chi connectivity index (χ2v) is 12.6. The molecule has 0 aromatic heterocycles. The summed E-state index contributed by atoms with van der Waals surface area (Å²) in [4.78, 5) is 64.3. The summed E-state index contributed by atoms with van der Waals surface area (Å²) in [5.74, 6) is -4.44. The number of rotatable bonds is 14. The molecule has 0 saturated carbocycles. The fourth-order valence-corrected chi connectivity index (χ4v) is 4.81. The maximum absolute atomic E-state index is 14.0. The summed E-state index contributed by atoms with van der Waals surface area (Å²) in [7, 11) is 3.29. The van der Waals surface area contributed by atoms with E-state index in [4.69, 9.17) is 5.11 Å². The first-order valence-electron chi connectivity index (χ1n) is 14.0. The van der Waals surface area contributed by atoms with Gasteiger partial charge in [0, 0.05) is 18.0 Å². The number of carbonyl (C=O) groups is 5. The first-order chi connectivity index (χ1) is 19.2. The van der Waals surface area contributed by atoms with Crippen molar-refractivity contribution in [1.82, 2.24) is 20.9 Å². The molecule has 4 atom stereocenters. The molecule has 0 heterocycles. The summed E-state index contributed by atoms with van der Waals surface area (Å²) >= 11 is 0. The molecule has 3 amide bonds. The van der Waals surface area contributed by atoms with Crippen molar-refractivity contribution >= 4 is 29.7 Å². The third-order valence-electron chi connectivity index (χ3n) is 7.43. The van der Waals surface area contributed by atoms with Gasteiger partial charge in [-0.2, -0.15) is 0 Å². The number of hydrogen-bond acceptors (Lipinski definition) is 6. The summed E-state index contributed by atoms with van der Waals surface area (Å²) < 4.78 is 0. The summed E-state index contributed by atoms with van der Waals surface area (Å²) in [5.41, 5.74) is -0.178. The highest BCUT2D eigenvalue weighted by Crippen LogP contribution is 2.29. The lowest BCUT2D eigenvalue weighted by Gasteiger charge is -2.40. The van der Waals surface area contributed by atoms with Crippen LogP contribution in [0, 0.1) is 11.3 Å². The van der Waals surface area contributed by atoms with Crippen LogP contribution in [-0.4, -0.2) is 83.0 Å². The van der Waals surface area contributed by atoms with Gasteiger partial charge in [0.25, 0.3) is 0 Å². The van der Waals surface area contributed by atoms with Gasteiger partial charge in [0.05, 0.1) is 18.5 Å². The van der Waals surface area contributed by atoms with Crippen LogP contribution in [0.3, 0.4) is 0 Å². The van der Waals surface area contributed by atoms with Crippen LogP contribution in [0.25, 0.3) is 0 Å². The molecule has 0 aliphatic heterocycles. The fraction of sp³-hybridized carbons (Fsp3) is 0.581. The Morgan fingerprint density at radius 2 is 1.48 bits per heavy atom. The molecule has 0 fully saturated rings. The van der Waals surface area contributed by atoms with Crippen LogP contribution < -0.4 is 16.0 Å². The minimum Gasteiger partial charge on any atom is -0.481 e. The van der Waals surface area contributed by atoms with Crippen molar-refractivity contribution in [2.45, 2.75) is 91.4 Å². The molecular formula is C31H48N4O7. The van der Waals surface area contributed by atoms with Crippen molar-refractivity contribution in [2.24, 2.45) is 11.3 Å². The van der Waals surface area contributed by atoms with Crippen LogP contribution >= 0.6 is 0 Å². The monoisotopic (exact) mass is 588 g/mol. The van der Waals surface area contributed by atoms with Crippen LogP contribution in [0.15, 0.2) is 42.0 Å². The van der Waals surface area contributed by atoms with Gasteiger partial charge in [0.2, 0.25) is 17.7 Å². The number of benzene rings is 1. The predicted octanol–water partition coefficient (Wildman–Crippen LogP) is 2.56. The van der Waals surface area contributed by atoms with E-state index in [-0.39, 0.29) is 23.3 Å². The lowest BCUT2D eigenvalue weighted by atomic mass is 9.76. The predicted molar refractivity (Wildman–Crippen MR) is 161 cm³/mol. The maximum atomic E-state index is 14.0. The smallest absolute Gasteiger partial charge is 0.326 e. The third-order valence-corrected chi connectivity index (χ3v) is 7.43. The molecule has 11 nitrogen and oxygen atoms in total. The molecule has 0 spiro atoms. The molecule has 1 aromatic carbocycles. The highest BCUT2D eigenvalue weighted by atomic mass is 16.4. The topological polar surface area (TPSA) is 165 Å². The van der Waals surface area contributed by atoms with E-state index in [1.54, 1.807) is 20.2 Å². The van der Waals surface area contributed by atoms with Gasteiger partial charge in [-0.15, -0.1) is 0 Å². The van der Waals surface area contributed by atoms with Crippen LogP contribution in [0.4, 0.5) is 0 Å². The van der Waals surface area contributed by atoms with E-state index in [0.717, 1.165) is 5.56 Å². The summed E-state index contributed by atoms with van der Waals surface area (Å²) in [6, 6.07) is 5.89. The Balaban J connectivity index is 3.29. The van der Waals surface area contributed by atoms with E-state index in [1.807, 2.05) is 78.8 Å². The van der Waals surface area contributed by atoms with E-state index >= 15 is 0 Å². The average molecular weight is 589 g/mol. The molecule has 1 rings (SSSR count). The summed E-state index contributed by atoms with van der Waals surface area (Å²) in [5, 5.41) is 26.6. The van der Waals surface area contributed by atoms with E-state index in [0.29, 0.717) is 0 Å². The van der Waals surface area contributed by atoms with Gasteiger partial charge in [-0.1, -0.05) is 84.9 Å². The van der Waals surface area contributed by atoms with Gasteiger partial charge < -0.3 is 31.1 Å². The van der Waals surface area contributed by atoms with Gasteiger partial charge in [0.1, 0.15) is 12.1 Å². The number of hydrogen-bond donors (Lipinski definition) is 5. The Morgan fingerprint density at radius 1 is 0.929 bits per heavy atom. The van der Waals surface area contributed by atoms with E-state index in [9.17, 15) is 29.1 Å². The molecular weight excluding hydrogens is 540 g/mol. The average Bonchev–Trinajstić information content (AvgIpc) is 2.88. The molecule has 0 aliphatic rings. The highest BCUT2D eigenvalue weighted by Gasteiger charge is 2.41. The largest absolute Gasteiger partial charge is 0.481 e. The molecule has 0 unspecified atom stereocenters. The van der Waals surface area contributed by atoms with Gasteiger partial charge >= 0.3 is 11.9 Å². The number of nitrogens with zero attached hydrogens (tertiary/aromatic N) is 1. The van der Waals surface area contributed by atoms with Crippen molar-refractivity contribution in [3.8, 4) is 0 Å². The Bertz CT molecular complexity index is 1160. The minimum absolute atomic E-state index is 0.126. The van der Waals surface area contributed by atoms with Gasteiger partial charge in [0.15, 0.2) is 0 Å². The Kier molecular flexibility index (Phi) is 12.9. The van der Waals surface area contributed by atoms with Gasteiger partial charge in [-0.25, -0.2) is 4.79 Å². The van der Waals surface area contributed by atoms with E-state index in [2.05, 4.69) is 16.0 Å². The van der Waals surface area contributed by atoms with Crippen LogP contribution in [0.1, 0.15) is 67.4 Å². The van der Waals surface area contributed by atoms with Crippen molar-refractivity contribution < 1.29 is 34.2 Å². The molecule has 234 valence electrons. The van der Waals surface area contributed by atoms with E-state index in [1.165, 1.54) is 11.8 Å². The molecule has 11 heteroatoms. The zero-order valence-electron chi connectivity index (χ0n) is 26.4. The number of carboxylic acids is 2. The number of nitrogens with one attached hydrogen (secondary N) is 3. The fourth-order valence-electron chi connectivity index (χ4n) is 4.81. The number of amides is 3. The van der Waals surface area contributed by atoms with Crippen molar-refractivity contribution in [1.29, 1.82) is 0 Å². The molecule has 5 N–H and O–H groups in total. The molecule has 0 saturated heterocycles. The standard InChI is InChI=1S/C31H48N4O7/c1-18(2)22(16-19(3)26(38)33-21(29(41)42)17-23(36)37)35(10)28(40)25(30(4,5)6)34-27(39)24(32-9)31(7,8)20-14-12-11-13-15-20/h11-16,18,21-22,24-25,32H,17H2,1-10H3,(H,33,38)(H,34,39)(H,36,37)(H,41,42)/b19-16+/t21-,22+,24+,25+/m0/s1. The SMILES string of the molecule is CN[C@H](C(=O)N[C@H](C(=O)N(C)[C@H](/C=C(\C)C(=O)N[C@@H](CC(=O)O)C(=O)O)C(C)C)C(C)(C)C)C(C)(C)c1ccccc1. The van der Waals surface area contributed by atoms with Crippen LogP contribution in [0.2, 0.25) is 0 Å². The second-order valence-electron chi connectivity index (χ2n) is 12.6. The first-order valence-corrected chi connectivity index (χ1v) is 14.0. The van der Waals surface area contributed by atoms with E-state index < -0.39 is 59.3 Å². The molecule has 0 aliphatic carbocycles. The number of aliphatic carboxylic acids is 2. The van der Waals surface area contributed by atoms with Crippen molar-refractivity contribution in [2.75, 3.05) is 14.1 Å². The normalized spacial score (nSPS) is 15.3. The molecule has 1 aromatic rings. The van der Waals surface area contributed by atoms with Crippen molar-refractivity contribution in [3.63, 3.8) is 0 Å². The summed E-state index contributed by atoms with van der Waals surface area (Å²) in [6.45, 7) is 14.7. The molecule has 0 bridgehead atoms. The zero-order valence-corrected chi connectivity index (χ0v) is 26.4. The first kappa shape index (κ1) is 36.3. The van der Waals surface area contributed by atoms with Crippen LogP contribution in [0.5, 0.6) is 0 Å². The quantitative estimate of drug-likeness (QED) is 0.207. The highest BCUT2D eigenvalue weighted by molar-refractivity contribution is 5.96. The maximum Gasteiger partial charge on any atom is 0.326 e. The lowest BCUT2D eigenvalue weighted by molar-refractivity contribution is -0.146. The van der Waals surface area contributed by atoms with Gasteiger partial charge in [-0.3, -0.25) is 19.2 Å². The van der Waals surface area contributed by atoms with Gasteiger partial charge in [-0.05, 0) is 30.9 Å². The Labute approximate surface area is 249 Å². The zero-order chi connectivity index (χ0) is 32.6. The number of carbonyl (C=O) groups excluding carboxylic acids is 3. The second kappa shape index (κ2) is 14.9.